The summed E-state index contributed by atoms with van der Waals surface area (Å²) >= 11 is 0. The minimum absolute atomic E-state index is 0.0721. The van der Waals surface area contributed by atoms with Crippen LogP contribution in [-0.2, 0) is 17.9 Å². The maximum Gasteiger partial charge on any atom is 0.220 e. The second-order valence-corrected chi connectivity index (χ2v) is 7.89. The lowest BCUT2D eigenvalue weighted by atomic mass is 10.1. The summed E-state index contributed by atoms with van der Waals surface area (Å²) in [5.41, 5.74) is 3.59. The van der Waals surface area contributed by atoms with Crippen molar-refractivity contribution in [1.82, 2.24) is 15.1 Å². The van der Waals surface area contributed by atoms with Gasteiger partial charge in [-0.25, -0.2) is 0 Å². The fourth-order valence-corrected chi connectivity index (χ4v) is 3.52. The zero-order valence-corrected chi connectivity index (χ0v) is 17.7. The number of nitrogens with one attached hydrogen (secondary N) is 1. The number of aryl methyl sites for hydroxylation is 1. The molecule has 1 heterocycles. The highest BCUT2D eigenvalue weighted by Gasteiger charge is 2.14. The van der Waals surface area contributed by atoms with Gasteiger partial charge in [-0.1, -0.05) is 42.5 Å². The van der Waals surface area contributed by atoms with Gasteiger partial charge in [-0.2, -0.15) is 0 Å². The molecule has 5 heteroatoms. The Morgan fingerprint density at radius 1 is 1.03 bits per heavy atom. The van der Waals surface area contributed by atoms with Crippen molar-refractivity contribution >= 4 is 5.91 Å². The summed E-state index contributed by atoms with van der Waals surface area (Å²) < 4.78 is 5.76. The molecule has 2 aromatic rings. The molecule has 0 aromatic heterocycles. The summed E-state index contributed by atoms with van der Waals surface area (Å²) in [6.45, 7) is 8.62. The van der Waals surface area contributed by atoms with Gasteiger partial charge in [0, 0.05) is 45.7 Å². The van der Waals surface area contributed by atoms with E-state index in [-0.39, 0.29) is 5.91 Å². The van der Waals surface area contributed by atoms with Crippen molar-refractivity contribution in [2.75, 3.05) is 39.8 Å². The number of amides is 1. The predicted octanol–water partition coefficient (Wildman–Crippen LogP) is 3.22. The molecule has 0 bridgehead atoms. The summed E-state index contributed by atoms with van der Waals surface area (Å²) in [7, 11) is 2.18. The normalized spacial score (nSPS) is 15.2. The summed E-state index contributed by atoms with van der Waals surface area (Å²) in [5, 5.41) is 3.03. The summed E-state index contributed by atoms with van der Waals surface area (Å²) in [4.78, 5) is 17.0. The van der Waals surface area contributed by atoms with Crippen molar-refractivity contribution in [3.05, 3.63) is 65.2 Å². The van der Waals surface area contributed by atoms with E-state index in [9.17, 15) is 4.79 Å². The lowest BCUT2D eigenvalue weighted by molar-refractivity contribution is -0.121. The van der Waals surface area contributed by atoms with Crippen LogP contribution in [0.25, 0.3) is 0 Å². The van der Waals surface area contributed by atoms with Gasteiger partial charge in [-0.05, 0) is 43.1 Å². The summed E-state index contributed by atoms with van der Waals surface area (Å²) in [6, 6.07) is 16.5. The number of benzene rings is 2. The molecule has 1 N–H and O–H groups in total. The van der Waals surface area contributed by atoms with Gasteiger partial charge in [0.05, 0.1) is 6.61 Å². The lowest BCUT2D eigenvalue weighted by Crippen LogP contribution is -2.43. The van der Waals surface area contributed by atoms with E-state index in [0.29, 0.717) is 26.0 Å². The number of nitrogens with zero attached hydrogens (tertiary/aromatic N) is 2. The first-order chi connectivity index (χ1) is 14.1. The van der Waals surface area contributed by atoms with Crippen LogP contribution in [0.3, 0.4) is 0 Å². The van der Waals surface area contributed by atoms with E-state index in [2.05, 4.69) is 46.4 Å². The SMILES string of the molecule is Cc1ccccc1OCCCC(=O)NCc1cccc(CN2CCN(C)CC2)c1. The molecule has 1 aliphatic rings. The Morgan fingerprint density at radius 3 is 2.59 bits per heavy atom. The molecule has 0 spiro atoms. The first-order valence-electron chi connectivity index (χ1n) is 10.5. The van der Waals surface area contributed by atoms with E-state index in [1.54, 1.807) is 0 Å². The van der Waals surface area contributed by atoms with Gasteiger partial charge in [0.1, 0.15) is 5.75 Å². The molecular weight excluding hydrogens is 362 g/mol. The summed E-state index contributed by atoms with van der Waals surface area (Å²) in [6.07, 6.45) is 1.19. The highest BCUT2D eigenvalue weighted by atomic mass is 16.5. The molecule has 0 aliphatic carbocycles. The molecule has 2 aromatic carbocycles. The molecule has 0 radical (unpaired) electrons. The molecule has 1 fully saturated rings. The maximum atomic E-state index is 12.1. The van der Waals surface area contributed by atoms with E-state index in [0.717, 1.165) is 49.6 Å². The molecule has 1 amide bonds. The standard InChI is InChI=1S/C24H33N3O2/c1-20-7-3-4-10-23(20)29-16-6-11-24(28)25-18-21-8-5-9-22(17-21)19-27-14-12-26(2)13-15-27/h3-5,7-10,17H,6,11-16,18-19H2,1-2H3,(H,25,28). The first kappa shape index (κ1) is 21.3. The van der Waals surface area contributed by atoms with Gasteiger partial charge in [0.15, 0.2) is 0 Å². The minimum Gasteiger partial charge on any atom is -0.493 e. The van der Waals surface area contributed by atoms with E-state index in [1.165, 1.54) is 5.56 Å². The Hall–Kier alpha value is -2.37. The Kier molecular flexibility index (Phi) is 8.08. The van der Waals surface area contributed by atoms with Crippen molar-refractivity contribution in [1.29, 1.82) is 0 Å². The van der Waals surface area contributed by atoms with Crippen LogP contribution in [0, 0.1) is 6.92 Å². The quantitative estimate of drug-likeness (QED) is 0.662. The van der Waals surface area contributed by atoms with Crippen molar-refractivity contribution in [2.45, 2.75) is 32.9 Å². The van der Waals surface area contributed by atoms with Gasteiger partial charge < -0.3 is 15.0 Å². The van der Waals surface area contributed by atoms with Crippen LogP contribution < -0.4 is 10.1 Å². The molecule has 3 rings (SSSR count). The number of ether oxygens (including phenoxy) is 1. The van der Waals surface area contributed by atoms with Crippen LogP contribution in [0.2, 0.25) is 0 Å². The summed E-state index contributed by atoms with van der Waals surface area (Å²) in [5.74, 6) is 0.966. The smallest absolute Gasteiger partial charge is 0.220 e. The van der Waals surface area contributed by atoms with Crippen molar-refractivity contribution in [3.63, 3.8) is 0 Å². The van der Waals surface area contributed by atoms with Gasteiger partial charge in [-0.15, -0.1) is 0 Å². The third-order valence-corrected chi connectivity index (χ3v) is 5.38. The van der Waals surface area contributed by atoms with Gasteiger partial charge in [0.25, 0.3) is 0 Å². The number of piperazine rings is 1. The van der Waals surface area contributed by atoms with Crippen molar-refractivity contribution in [3.8, 4) is 5.75 Å². The fraction of sp³-hybridized carbons (Fsp3) is 0.458. The average molecular weight is 396 g/mol. The monoisotopic (exact) mass is 395 g/mol. The Labute approximate surface area is 174 Å². The second-order valence-electron chi connectivity index (χ2n) is 7.89. The van der Waals surface area contributed by atoms with Crippen LogP contribution in [-0.4, -0.2) is 55.5 Å². The van der Waals surface area contributed by atoms with E-state index >= 15 is 0 Å². The van der Waals surface area contributed by atoms with E-state index < -0.39 is 0 Å². The largest absolute Gasteiger partial charge is 0.493 e. The lowest BCUT2D eigenvalue weighted by Gasteiger charge is -2.32. The minimum atomic E-state index is 0.0721. The number of carbonyl (C=O) groups is 1. The van der Waals surface area contributed by atoms with E-state index in [4.69, 9.17) is 4.74 Å². The molecule has 156 valence electrons. The Bertz CT molecular complexity index is 785. The molecule has 29 heavy (non-hydrogen) atoms. The topological polar surface area (TPSA) is 44.8 Å². The second kappa shape index (κ2) is 11.0. The van der Waals surface area contributed by atoms with Crippen molar-refractivity contribution < 1.29 is 9.53 Å². The zero-order valence-electron chi connectivity index (χ0n) is 17.7. The van der Waals surface area contributed by atoms with E-state index in [1.807, 2.05) is 31.2 Å². The van der Waals surface area contributed by atoms with Crippen LogP contribution in [0.4, 0.5) is 0 Å². The number of para-hydroxylation sites is 1. The van der Waals surface area contributed by atoms with Crippen molar-refractivity contribution in [2.24, 2.45) is 0 Å². The molecule has 1 aliphatic heterocycles. The molecule has 5 nitrogen and oxygen atoms in total. The molecule has 1 saturated heterocycles. The molecule has 0 unspecified atom stereocenters. The van der Waals surface area contributed by atoms with Crippen LogP contribution >= 0.6 is 0 Å². The van der Waals surface area contributed by atoms with Crippen LogP contribution in [0.1, 0.15) is 29.5 Å². The number of hydrogen-bond acceptors (Lipinski definition) is 4. The first-order valence-corrected chi connectivity index (χ1v) is 10.5. The van der Waals surface area contributed by atoms with Crippen LogP contribution in [0.5, 0.6) is 5.75 Å². The maximum absolute atomic E-state index is 12.1. The highest BCUT2D eigenvalue weighted by Crippen LogP contribution is 2.16. The highest BCUT2D eigenvalue weighted by molar-refractivity contribution is 5.75. The van der Waals surface area contributed by atoms with Gasteiger partial charge >= 0.3 is 0 Å². The Balaban J connectivity index is 1.36. The zero-order chi connectivity index (χ0) is 20.5. The van der Waals surface area contributed by atoms with Gasteiger partial charge in [-0.3, -0.25) is 9.69 Å². The van der Waals surface area contributed by atoms with Gasteiger partial charge in [0.2, 0.25) is 5.91 Å². The number of carbonyl (C=O) groups excluding carboxylic acids is 1. The number of likely N-dealkylation sites (N-methyl/N-ethyl adjacent to an activating group) is 1. The number of rotatable bonds is 9. The molecule has 0 atom stereocenters. The Morgan fingerprint density at radius 2 is 1.79 bits per heavy atom. The molecular formula is C24H33N3O2. The third kappa shape index (κ3) is 7.18. The average Bonchev–Trinajstić information content (AvgIpc) is 2.73. The molecule has 0 saturated carbocycles. The fourth-order valence-electron chi connectivity index (χ4n) is 3.52. The number of hydrogen-bond donors (Lipinski definition) is 1. The third-order valence-electron chi connectivity index (χ3n) is 5.38. The van der Waals surface area contributed by atoms with Crippen LogP contribution in [0.15, 0.2) is 48.5 Å². The predicted molar refractivity (Wildman–Crippen MR) is 117 cm³/mol.